The second kappa shape index (κ2) is 9.04. The SMILES string of the molecule is CNC(=O)[C@@H](c1ccccc1)N(Cc1ccc(OC)cc1)C(=O)C(C)C. The molecule has 0 saturated carbocycles. The van der Waals surface area contributed by atoms with Crippen LogP contribution in [0.5, 0.6) is 5.75 Å². The van der Waals surface area contributed by atoms with E-state index in [0.29, 0.717) is 6.54 Å². The van der Waals surface area contributed by atoms with Gasteiger partial charge in [0.25, 0.3) is 0 Å². The Balaban J connectivity index is 2.42. The van der Waals surface area contributed by atoms with E-state index in [1.165, 1.54) is 0 Å². The van der Waals surface area contributed by atoms with Crippen LogP contribution in [0.4, 0.5) is 0 Å². The van der Waals surface area contributed by atoms with Crippen LogP contribution in [0, 0.1) is 5.92 Å². The lowest BCUT2D eigenvalue weighted by Gasteiger charge is -2.32. The van der Waals surface area contributed by atoms with Crippen LogP contribution in [0.25, 0.3) is 0 Å². The van der Waals surface area contributed by atoms with Crippen molar-refractivity contribution in [1.82, 2.24) is 10.2 Å². The van der Waals surface area contributed by atoms with Gasteiger partial charge in [-0.1, -0.05) is 56.3 Å². The zero-order chi connectivity index (χ0) is 19.1. The van der Waals surface area contributed by atoms with E-state index in [2.05, 4.69) is 5.32 Å². The number of carbonyl (C=O) groups is 2. The number of benzene rings is 2. The van der Waals surface area contributed by atoms with E-state index in [-0.39, 0.29) is 17.7 Å². The van der Waals surface area contributed by atoms with Gasteiger partial charge in [0.2, 0.25) is 11.8 Å². The molecule has 0 aromatic heterocycles. The summed E-state index contributed by atoms with van der Waals surface area (Å²) < 4.78 is 5.19. The monoisotopic (exact) mass is 354 g/mol. The summed E-state index contributed by atoms with van der Waals surface area (Å²) in [7, 11) is 3.20. The summed E-state index contributed by atoms with van der Waals surface area (Å²) in [6.45, 7) is 4.03. The van der Waals surface area contributed by atoms with Crippen LogP contribution in [0.3, 0.4) is 0 Å². The number of hydrogen-bond acceptors (Lipinski definition) is 3. The molecular formula is C21H26N2O3. The first-order valence-electron chi connectivity index (χ1n) is 8.67. The van der Waals surface area contributed by atoms with E-state index in [1.807, 2.05) is 68.4 Å². The molecule has 2 aromatic rings. The van der Waals surface area contributed by atoms with Gasteiger partial charge >= 0.3 is 0 Å². The number of carbonyl (C=O) groups excluding carboxylic acids is 2. The Kier molecular flexibility index (Phi) is 6.78. The van der Waals surface area contributed by atoms with Crippen molar-refractivity contribution in [2.45, 2.75) is 26.4 Å². The molecule has 1 N–H and O–H groups in total. The van der Waals surface area contributed by atoms with Gasteiger partial charge in [-0.3, -0.25) is 9.59 Å². The predicted octanol–water partition coefficient (Wildman–Crippen LogP) is 3.17. The fraction of sp³-hybridized carbons (Fsp3) is 0.333. The largest absolute Gasteiger partial charge is 0.497 e. The number of ether oxygens (including phenoxy) is 1. The van der Waals surface area contributed by atoms with E-state index in [9.17, 15) is 9.59 Å². The molecule has 0 heterocycles. The molecule has 0 radical (unpaired) electrons. The molecule has 138 valence electrons. The number of likely N-dealkylation sites (N-methyl/N-ethyl adjacent to an activating group) is 1. The highest BCUT2D eigenvalue weighted by molar-refractivity contribution is 5.89. The summed E-state index contributed by atoms with van der Waals surface area (Å²) in [6, 6.07) is 16.2. The molecule has 2 amide bonds. The molecule has 0 saturated heterocycles. The second-order valence-corrected chi connectivity index (χ2v) is 6.40. The molecule has 1 atom stereocenters. The second-order valence-electron chi connectivity index (χ2n) is 6.40. The van der Waals surface area contributed by atoms with E-state index < -0.39 is 6.04 Å². The summed E-state index contributed by atoms with van der Waals surface area (Å²) in [5.41, 5.74) is 1.72. The Morgan fingerprint density at radius 3 is 2.15 bits per heavy atom. The molecule has 5 nitrogen and oxygen atoms in total. The smallest absolute Gasteiger partial charge is 0.247 e. The van der Waals surface area contributed by atoms with Crippen molar-refractivity contribution in [3.8, 4) is 5.75 Å². The lowest BCUT2D eigenvalue weighted by atomic mass is 10.0. The van der Waals surface area contributed by atoms with E-state index in [0.717, 1.165) is 16.9 Å². The summed E-state index contributed by atoms with van der Waals surface area (Å²) in [5.74, 6) is 0.252. The zero-order valence-corrected chi connectivity index (χ0v) is 15.7. The summed E-state index contributed by atoms with van der Waals surface area (Å²) >= 11 is 0. The number of amides is 2. The highest BCUT2D eigenvalue weighted by Gasteiger charge is 2.31. The van der Waals surface area contributed by atoms with Crippen molar-refractivity contribution < 1.29 is 14.3 Å². The number of methoxy groups -OCH3 is 1. The van der Waals surface area contributed by atoms with Crippen LogP contribution in [0.1, 0.15) is 31.0 Å². The molecule has 5 heteroatoms. The van der Waals surface area contributed by atoms with Gasteiger partial charge in [-0.05, 0) is 23.3 Å². The van der Waals surface area contributed by atoms with Crippen molar-refractivity contribution >= 4 is 11.8 Å². The molecule has 0 aliphatic carbocycles. The minimum absolute atomic E-state index is 0.0710. The average Bonchev–Trinajstić information content (AvgIpc) is 2.67. The maximum absolute atomic E-state index is 12.9. The molecule has 0 aliphatic heterocycles. The molecule has 2 rings (SSSR count). The molecule has 0 bridgehead atoms. The zero-order valence-electron chi connectivity index (χ0n) is 15.7. The Bertz CT molecular complexity index is 727. The molecule has 0 spiro atoms. The van der Waals surface area contributed by atoms with Gasteiger partial charge < -0.3 is 15.0 Å². The average molecular weight is 354 g/mol. The fourth-order valence-corrected chi connectivity index (χ4v) is 2.80. The number of nitrogens with zero attached hydrogens (tertiary/aromatic N) is 1. The van der Waals surface area contributed by atoms with Gasteiger partial charge in [0.05, 0.1) is 7.11 Å². The molecule has 0 fully saturated rings. The Labute approximate surface area is 155 Å². The van der Waals surface area contributed by atoms with Crippen LogP contribution in [-0.2, 0) is 16.1 Å². The van der Waals surface area contributed by atoms with Crippen LogP contribution in [-0.4, -0.2) is 30.9 Å². The van der Waals surface area contributed by atoms with E-state index in [1.54, 1.807) is 19.1 Å². The van der Waals surface area contributed by atoms with Crippen molar-refractivity contribution in [3.63, 3.8) is 0 Å². The standard InChI is InChI=1S/C21H26N2O3/c1-15(2)21(25)23(14-16-10-12-18(26-4)13-11-16)19(20(24)22-3)17-8-6-5-7-9-17/h5-13,15,19H,14H2,1-4H3,(H,22,24)/t19-/m1/s1. The predicted molar refractivity (Wildman–Crippen MR) is 102 cm³/mol. The minimum atomic E-state index is -0.682. The highest BCUT2D eigenvalue weighted by atomic mass is 16.5. The Morgan fingerprint density at radius 2 is 1.65 bits per heavy atom. The third-order valence-electron chi connectivity index (χ3n) is 4.21. The van der Waals surface area contributed by atoms with Crippen LogP contribution < -0.4 is 10.1 Å². The fourth-order valence-electron chi connectivity index (χ4n) is 2.80. The van der Waals surface area contributed by atoms with Crippen LogP contribution in [0.2, 0.25) is 0 Å². The van der Waals surface area contributed by atoms with Crippen molar-refractivity contribution in [2.24, 2.45) is 5.92 Å². The van der Waals surface area contributed by atoms with E-state index >= 15 is 0 Å². The van der Waals surface area contributed by atoms with E-state index in [4.69, 9.17) is 4.74 Å². The summed E-state index contributed by atoms with van der Waals surface area (Å²) in [6.07, 6.45) is 0. The van der Waals surface area contributed by atoms with Crippen molar-refractivity contribution in [2.75, 3.05) is 14.2 Å². The first-order chi connectivity index (χ1) is 12.5. The summed E-state index contributed by atoms with van der Waals surface area (Å²) in [4.78, 5) is 27.2. The van der Waals surface area contributed by atoms with Gasteiger partial charge in [-0.15, -0.1) is 0 Å². The van der Waals surface area contributed by atoms with Crippen molar-refractivity contribution in [3.05, 3.63) is 65.7 Å². The molecule has 2 aromatic carbocycles. The number of hydrogen-bond donors (Lipinski definition) is 1. The third-order valence-corrected chi connectivity index (χ3v) is 4.21. The van der Waals surface area contributed by atoms with Gasteiger partial charge in [0.1, 0.15) is 11.8 Å². The third kappa shape index (κ3) is 4.63. The number of rotatable bonds is 7. The first-order valence-corrected chi connectivity index (χ1v) is 8.67. The Morgan fingerprint density at radius 1 is 1.04 bits per heavy atom. The van der Waals surface area contributed by atoms with Crippen LogP contribution >= 0.6 is 0 Å². The highest BCUT2D eigenvalue weighted by Crippen LogP contribution is 2.26. The maximum Gasteiger partial charge on any atom is 0.247 e. The molecule has 0 aliphatic rings. The maximum atomic E-state index is 12.9. The minimum Gasteiger partial charge on any atom is -0.497 e. The normalized spacial score (nSPS) is 11.7. The molecule has 0 unspecified atom stereocenters. The molecular weight excluding hydrogens is 328 g/mol. The first kappa shape index (κ1) is 19.5. The topological polar surface area (TPSA) is 58.6 Å². The molecule has 26 heavy (non-hydrogen) atoms. The quantitative estimate of drug-likeness (QED) is 0.831. The van der Waals surface area contributed by atoms with Gasteiger partial charge in [0.15, 0.2) is 0 Å². The van der Waals surface area contributed by atoms with Crippen LogP contribution in [0.15, 0.2) is 54.6 Å². The lowest BCUT2D eigenvalue weighted by molar-refractivity contribution is -0.143. The van der Waals surface area contributed by atoms with Gasteiger partial charge in [-0.25, -0.2) is 0 Å². The lowest BCUT2D eigenvalue weighted by Crippen LogP contribution is -2.44. The van der Waals surface area contributed by atoms with Crippen molar-refractivity contribution in [1.29, 1.82) is 0 Å². The van der Waals surface area contributed by atoms with Gasteiger partial charge in [-0.2, -0.15) is 0 Å². The summed E-state index contributed by atoms with van der Waals surface area (Å²) in [5, 5.41) is 2.69. The van der Waals surface area contributed by atoms with Gasteiger partial charge in [0, 0.05) is 19.5 Å². The Hall–Kier alpha value is -2.82. The number of nitrogens with one attached hydrogen (secondary N) is 1.